The highest BCUT2D eigenvalue weighted by Crippen LogP contribution is 2.39. The predicted molar refractivity (Wildman–Crippen MR) is 88.7 cm³/mol. The Morgan fingerprint density at radius 3 is 2.73 bits per heavy atom. The fraction of sp³-hybridized carbons (Fsp3) is 0.158. The zero-order valence-electron chi connectivity index (χ0n) is 12.3. The first-order valence-electron chi connectivity index (χ1n) is 7.40. The zero-order chi connectivity index (χ0) is 15.1. The van der Waals surface area contributed by atoms with Crippen molar-refractivity contribution in [3.05, 3.63) is 65.7 Å². The Morgan fingerprint density at radius 1 is 1.09 bits per heavy atom. The highest BCUT2D eigenvalue weighted by molar-refractivity contribution is 5.97. The van der Waals surface area contributed by atoms with Crippen LogP contribution in [0.1, 0.15) is 17.2 Å². The number of hydrogen-bond acceptors (Lipinski definition) is 3. The Morgan fingerprint density at radius 2 is 1.91 bits per heavy atom. The molecule has 3 heteroatoms. The van der Waals surface area contributed by atoms with Gasteiger partial charge in [-0.15, -0.1) is 0 Å². The quantitative estimate of drug-likeness (QED) is 0.741. The summed E-state index contributed by atoms with van der Waals surface area (Å²) < 4.78 is 5.23. The van der Waals surface area contributed by atoms with Gasteiger partial charge in [0.2, 0.25) is 0 Å². The molecular weight excluding hydrogens is 274 g/mol. The van der Waals surface area contributed by atoms with E-state index in [1.54, 1.807) is 13.2 Å². The van der Waals surface area contributed by atoms with Gasteiger partial charge in [0.05, 0.1) is 13.2 Å². The summed E-state index contributed by atoms with van der Waals surface area (Å²) in [4.78, 5) is 0. The minimum atomic E-state index is 0.171. The molecule has 1 aliphatic heterocycles. The molecule has 1 atom stereocenters. The van der Waals surface area contributed by atoms with Gasteiger partial charge in [-0.2, -0.15) is 0 Å². The van der Waals surface area contributed by atoms with E-state index in [-0.39, 0.29) is 11.8 Å². The Kier molecular flexibility index (Phi) is 2.93. The topological polar surface area (TPSA) is 41.5 Å². The molecule has 0 amide bonds. The van der Waals surface area contributed by atoms with Crippen LogP contribution in [0, 0.1) is 0 Å². The molecule has 3 aromatic carbocycles. The number of benzene rings is 3. The van der Waals surface area contributed by atoms with Crippen LogP contribution in [0.3, 0.4) is 0 Å². The van der Waals surface area contributed by atoms with Gasteiger partial charge in [0.25, 0.3) is 0 Å². The van der Waals surface area contributed by atoms with Gasteiger partial charge in [0.1, 0.15) is 0 Å². The second-order valence-corrected chi connectivity index (χ2v) is 5.65. The molecule has 1 unspecified atom stereocenters. The molecular formula is C19H17NO2. The van der Waals surface area contributed by atoms with Crippen molar-refractivity contribution in [2.24, 2.45) is 0 Å². The van der Waals surface area contributed by atoms with Gasteiger partial charge >= 0.3 is 0 Å². The number of nitrogens with one attached hydrogen (secondary N) is 1. The number of phenolic OH excluding ortho intramolecular Hbond substituents is 1. The summed E-state index contributed by atoms with van der Waals surface area (Å²) in [7, 11) is 1.57. The van der Waals surface area contributed by atoms with Crippen LogP contribution in [0.15, 0.2) is 54.6 Å². The van der Waals surface area contributed by atoms with Crippen LogP contribution < -0.4 is 10.1 Å². The number of aromatic hydroxyl groups is 1. The number of rotatable bonds is 2. The number of anilines is 1. The van der Waals surface area contributed by atoms with Gasteiger partial charge in [-0.25, -0.2) is 0 Å². The molecule has 0 fully saturated rings. The van der Waals surface area contributed by atoms with E-state index in [9.17, 15) is 5.11 Å². The van der Waals surface area contributed by atoms with E-state index in [0.29, 0.717) is 5.75 Å². The molecule has 3 aromatic rings. The van der Waals surface area contributed by atoms with E-state index >= 15 is 0 Å². The molecule has 3 nitrogen and oxygen atoms in total. The third-order valence-corrected chi connectivity index (χ3v) is 4.35. The van der Waals surface area contributed by atoms with Gasteiger partial charge in [-0.3, -0.25) is 0 Å². The summed E-state index contributed by atoms with van der Waals surface area (Å²) in [6.45, 7) is 0. The van der Waals surface area contributed by atoms with Crippen LogP contribution in [0.4, 0.5) is 5.69 Å². The highest BCUT2D eigenvalue weighted by atomic mass is 16.5. The highest BCUT2D eigenvalue weighted by Gasteiger charge is 2.21. The van der Waals surface area contributed by atoms with Crippen LogP contribution in [-0.2, 0) is 6.42 Å². The first kappa shape index (κ1) is 13.0. The van der Waals surface area contributed by atoms with Crippen LogP contribution in [0.5, 0.6) is 11.5 Å². The average Bonchev–Trinajstić information content (AvgIpc) is 2.56. The lowest BCUT2D eigenvalue weighted by Crippen LogP contribution is -2.18. The van der Waals surface area contributed by atoms with Crippen molar-refractivity contribution >= 4 is 16.5 Å². The molecule has 0 saturated carbocycles. The average molecular weight is 291 g/mol. The van der Waals surface area contributed by atoms with E-state index in [1.165, 1.54) is 16.3 Å². The minimum Gasteiger partial charge on any atom is -0.504 e. The minimum absolute atomic E-state index is 0.171. The number of hydrogen-bond donors (Lipinski definition) is 2. The van der Waals surface area contributed by atoms with Crippen molar-refractivity contribution in [3.8, 4) is 11.5 Å². The predicted octanol–water partition coefficient (Wildman–Crippen LogP) is 4.26. The summed E-state index contributed by atoms with van der Waals surface area (Å²) in [5, 5.41) is 16.0. The van der Waals surface area contributed by atoms with Crippen molar-refractivity contribution in [1.29, 1.82) is 0 Å². The van der Waals surface area contributed by atoms with Crippen molar-refractivity contribution in [1.82, 2.24) is 0 Å². The molecule has 2 N–H and O–H groups in total. The third-order valence-electron chi connectivity index (χ3n) is 4.35. The monoisotopic (exact) mass is 291 g/mol. The van der Waals surface area contributed by atoms with E-state index in [0.717, 1.165) is 17.7 Å². The van der Waals surface area contributed by atoms with Crippen molar-refractivity contribution < 1.29 is 9.84 Å². The molecule has 0 spiro atoms. The summed E-state index contributed by atoms with van der Waals surface area (Å²) in [6, 6.07) is 18.5. The van der Waals surface area contributed by atoms with Crippen molar-refractivity contribution in [2.45, 2.75) is 12.5 Å². The lowest BCUT2D eigenvalue weighted by Gasteiger charge is -2.28. The maximum atomic E-state index is 9.77. The van der Waals surface area contributed by atoms with Crippen LogP contribution in [0.25, 0.3) is 10.8 Å². The van der Waals surface area contributed by atoms with Crippen LogP contribution in [0.2, 0.25) is 0 Å². The molecule has 110 valence electrons. The standard InChI is InChI=1S/C19H17NO2/c1-22-18-11-13(8-9-17(18)21)16-10-14-6-2-4-12-5-3-7-15(20-16)19(12)14/h2-9,11,16,20-21H,10H2,1H3. The van der Waals surface area contributed by atoms with E-state index in [2.05, 4.69) is 41.7 Å². The molecule has 0 aliphatic carbocycles. The van der Waals surface area contributed by atoms with E-state index in [4.69, 9.17) is 4.74 Å². The van der Waals surface area contributed by atoms with Crippen molar-refractivity contribution in [3.63, 3.8) is 0 Å². The molecule has 0 saturated heterocycles. The molecule has 0 radical (unpaired) electrons. The second-order valence-electron chi connectivity index (χ2n) is 5.65. The van der Waals surface area contributed by atoms with Gasteiger partial charge in [0, 0.05) is 11.1 Å². The Balaban J connectivity index is 1.78. The summed E-state index contributed by atoms with van der Waals surface area (Å²) >= 11 is 0. The van der Waals surface area contributed by atoms with Gasteiger partial charge < -0.3 is 15.2 Å². The SMILES string of the molecule is COc1cc(C2Cc3cccc4cccc(c34)N2)ccc1O. The van der Waals surface area contributed by atoms with Crippen LogP contribution in [-0.4, -0.2) is 12.2 Å². The Bertz CT molecular complexity index is 816. The maximum Gasteiger partial charge on any atom is 0.160 e. The lowest BCUT2D eigenvalue weighted by molar-refractivity contribution is 0.372. The molecule has 4 rings (SSSR count). The van der Waals surface area contributed by atoms with Gasteiger partial charge in [-0.1, -0.05) is 36.4 Å². The second kappa shape index (κ2) is 4.95. The number of methoxy groups -OCH3 is 1. The molecule has 1 aliphatic rings. The first-order valence-corrected chi connectivity index (χ1v) is 7.40. The Labute approximate surface area is 129 Å². The fourth-order valence-electron chi connectivity index (χ4n) is 3.28. The fourth-order valence-corrected chi connectivity index (χ4v) is 3.28. The summed E-state index contributed by atoms with van der Waals surface area (Å²) in [6.07, 6.45) is 0.919. The molecule has 1 heterocycles. The smallest absolute Gasteiger partial charge is 0.160 e. The molecule has 0 bridgehead atoms. The normalized spacial score (nSPS) is 16.3. The van der Waals surface area contributed by atoms with Crippen molar-refractivity contribution in [2.75, 3.05) is 12.4 Å². The largest absolute Gasteiger partial charge is 0.504 e. The lowest BCUT2D eigenvalue weighted by atomic mass is 9.90. The molecule has 0 aromatic heterocycles. The zero-order valence-corrected chi connectivity index (χ0v) is 12.3. The summed E-state index contributed by atoms with van der Waals surface area (Å²) in [5.41, 5.74) is 3.63. The van der Waals surface area contributed by atoms with Crippen LogP contribution >= 0.6 is 0 Å². The molecule has 22 heavy (non-hydrogen) atoms. The van der Waals surface area contributed by atoms with Gasteiger partial charge in [-0.05, 0) is 41.1 Å². The Hall–Kier alpha value is -2.68. The third kappa shape index (κ3) is 1.98. The first-order chi connectivity index (χ1) is 10.8. The van der Waals surface area contributed by atoms with E-state index in [1.807, 2.05) is 12.1 Å². The number of phenols is 1. The summed E-state index contributed by atoms with van der Waals surface area (Å²) in [5.74, 6) is 0.681. The number of ether oxygens (including phenoxy) is 1. The van der Waals surface area contributed by atoms with E-state index < -0.39 is 0 Å². The van der Waals surface area contributed by atoms with Gasteiger partial charge in [0.15, 0.2) is 11.5 Å². The maximum absolute atomic E-state index is 9.77.